The van der Waals surface area contributed by atoms with Crippen molar-refractivity contribution >= 4 is 27.3 Å². The number of nitrogens with zero attached hydrogens (tertiary/aromatic N) is 1. The van der Waals surface area contributed by atoms with Crippen molar-refractivity contribution in [3.63, 3.8) is 0 Å². The molecular weight excluding hydrogens is 260 g/mol. The van der Waals surface area contributed by atoms with Gasteiger partial charge in [0, 0.05) is 29.0 Å². The van der Waals surface area contributed by atoms with Gasteiger partial charge in [0.25, 0.3) is 0 Å². The van der Waals surface area contributed by atoms with Crippen LogP contribution in [0.3, 0.4) is 0 Å². The molecule has 4 heteroatoms. The molecule has 0 radical (unpaired) electrons. The third-order valence-electron chi connectivity index (χ3n) is 2.74. The van der Waals surface area contributed by atoms with Crippen LogP contribution in [0.5, 0.6) is 0 Å². The van der Waals surface area contributed by atoms with Crippen LogP contribution in [0.2, 0.25) is 0 Å². The van der Waals surface area contributed by atoms with E-state index in [-0.39, 0.29) is 0 Å². The third kappa shape index (κ3) is 1.89. The van der Waals surface area contributed by atoms with Gasteiger partial charge in [0.2, 0.25) is 0 Å². The molecular formula is C10H15BrN2S. The first-order valence-electron chi connectivity index (χ1n) is 4.84. The van der Waals surface area contributed by atoms with Crippen LogP contribution in [0.1, 0.15) is 16.5 Å². The second-order valence-electron chi connectivity index (χ2n) is 3.80. The van der Waals surface area contributed by atoms with Gasteiger partial charge in [-0.25, -0.2) is 0 Å². The molecule has 2 rings (SSSR count). The molecule has 1 unspecified atom stereocenters. The fraction of sp³-hybridized carbons (Fsp3) is 0.600. The first kappa shape index (κ1) is 10.6. The molecule has 14 heavy (non-hydrogen) atoms. The Balaban J connectivity index is 2.24. The van der Waals surface area contributed by atoms with E-state index in [4.69, 9.17) is 0 Å². The van der Waals surface area contributed by atoms with E-state index in [0.29, 0.717) is 6.04 Å². The molecule has 0 aliphatic carbocycles. The van der Waals surface area contributed by atoms with Gasteiger partial charge in [-0.3, -0.25) is 4.90 Å². The van der Waals surface area contributed by atoms with Crippen molar-refractivity contribution < 1.29 is 0 Å². The van der Waals surface area contributed by atoms with Gasteiger partial charge >= 0.3 is 0 Å². The van der Waals surface area contributed by atoms with Crippen LogP contribution in [0.4, 0.5) is 0 Å². The van der Waals surface area contributed by atoms with Crippen LogP contribution in [-0.2, 0) is 0 Å². The quantitative estimate of drug-likeness (QED) is 0.846. The first-order chi connectivity index (χ1) is 6.70. The van der Waals surface area contributed by atoms with Gasteiger partial charge in [-0.1, -0.05) is 0 Å². The predicted octanol–water partition coefficient (Wildman–Crippen LogP) is 2.40. The molecule has 1 N–H and O–H groups in total. The molecule has 2 heterocycles. The Kier molecular flexibility index (Phi) is 3.27. The average Bonchev–Trinajstić information content (AvgIpc) is 2.49. The molecule has 1 aliphatic heterocycles. The van der Waals surface area contributed by atoms with Crippen molar-refractivity contribution in [1.82, 2.24) is 10.2 Å². The minimum atomic E-state index is 0.539. The van der Waals surface area contributed by atoms with Crippen LogP contribution in [-0.4, -0.2) is 31.6 Å². The Labute approximate surface area is 97.4 Å². The zero-order valence-corrected chi connectivity index (χ0v) is 10.9. The summed E-state index contributed by atoms with van der Waals surface area (Å²) in [5.74, 6) is 0. The highest BCUT2D eigenvalue weighted by atomic mass is 79.9. The van der Waals surface area contributed by atoms with E-state index in [1.807, 2.05) is 11.3 Å². The minimum absolute atomic E-state index is 0.539. The Morgan fingerprint density at radius 2 is 2.43 bits per heavy atom. The number of thiophene rings is 1. The van der Waals surface area contributed by atoms with Crippen molar-refractivity contribution in [3.05, 3.63) is 20.3 Å². The van der Waals surface area contributed by atoms with Gasteiger partial charge in [0.1, 0.15) is 0 Å². The van der Waals surface area contributed by atoms with Crippen molar-refractivity contribution in [3.8, 4) is 0 Å². The van der Waals surface area contributed by atoms with E-state index >= 15 is 0 Å². The summed E-state index contributed by atoms with van der Waals surface area (Å²) < 4.78 is 1.29. The average molecular weight is 275 g/mol. The van der Waals surface area contributed by atoms with E-state index in [9.17, 15) is 0 Å². The fourth-order valence-electron chi connectivity index (χ4n) is 1.77. The monoisotopic (exact) mass is 274 g/mol. The molecule has 0 aromatic carbocycles. The molecule has 78 valence electrons. The molecule has 1 aromatic rings. The van der Waals surface area contributed by atoms with Gasteiger partial charge in [-0.15, -0.1) is 11.3 Å². The fourth-order valence-corrected chi connectivity index (χ4v) is 3.69. The highest BCUT2D eigenvalue weighted by molar-refractivity contribution is 9.10. The summed E-state index contributed by atoms with van der Waals surface area (Å²) in [4.78, 5) is 3.88. The second kappa shape index (κ2) is 4.31. The van der Waals surface area contributed by atoms with E-state index in [0.717, 1.165) is 19.6 Å². The number of nitrogens with one attached hydrogen (secondary N) is 1. The smallest absolute Gasteiger partial charge is 0.0576 e. The maximum Gasteiger partial charge on any atom is 0.0576 e. The second-order valence-corrected chi connectivity index (χ2v) is 5.50. The van der Waals surface area contributed by atoms with Gasteiger partial charge in [-0.2, -0.15) is 0 Å². The lowest BCUT2D eigenvalue weighted by Crippen LogP contribution is -2.43. The summed E-state index contributed by atoms with van der Waals surface area (Å²) in [6.45, 7) is 5.46. The maximum absolute atomic E-state index is 3.67. The summed E-state index contributed by atoms with van der Waals surface area (Å²) in [5, 5.41) is 5.67. The number of hydrogen-bond donors (Lipinski definition) is 1. The highest BCUT2D eigenvalue weighted by Crippen LogP contribution is 2.35. The molecule has 1 aliphatic rings. The normalized spacial score (nSPS) is 24.1. The SMILES string of the molecule is Cc1csc(C2CNCCN2C)c1Br. The van der Waals surface area contributed by atoms with Crippen LogP contribution >= 0.6 is 27.3 Å². The van der Waals surface area contributed by atoms with Gasteiger partial charge in [0.05, 0.1) is 6.04 Å². The van der Waals surface area contributed by atoms with E-state index in [1.165, 1.54) is 14.9 Å². The van der Waals surface area contributed by atoms with Crippen molar-refractivity contribution in [2.75, 3.05) is 26.7 Å². The van der Waals surface area contributed by atoms with E-state index in [2.05, 4.69) is 45.5 Å². The molecule has 1 aromatic heterocycles. The maximum atomic E-state index is 3.67. The molecule has 0 spiro atoms. The Morgan fingerprint density at radius 1 is 1.64 bits per heavy atom. The van der Waals surface area contributed by atoms with Crippen LogP contribution < -0.4 is 5.32 Å². The van der Waals surface area contributed by atoms with Crippen LogP contribution in [0.15, 0.2) is 9.85 Å². The lowest BCUT2D eigenvalue weighted by molar-refractivity contribution is 0.205. The number of aryl methyl sites for hydroxylation is 1. The Bertz CT molecular complexity index is 324. The zero-order chi connectivity index (χ0) is 10.1. The standard InChI is InChI=1S/C10H15BrN2S/c1-7-6-14-10(9(7)11)8-5-12-3-4-13(8)2/h6,8,12H,3-5H2,1-2H3. The largest absolute Gasteiger partial charge is 0.314 e. The number of piperazine rings is 1. The van der Waals surface area contributed by atoms with E-state index in [1.54, 1.807) is 0 Å². The van der Waals surface area contributed by atoms with Crippen molar-refractivity contribution in [2.45, 2.75) is 13.0 Å². The Morgan fingerprint density at radius 3 is 3.00 bits per heavy atom. The minimum Gasteiger partial charge on any atom is -0.314 e. The number of hydrogen-bond acceptors (Lipinski definition) is 3. The molecule has 0 bridgehead atoms. The van der Waals surface area contributed by atoms with Gasteiger partial charge in [-0.05, 0) is 40.8 Å². The molecule has 0 amide bonds. The summed E-state index contributed by atoms with van der Waals surface area (Å²) in [7, 11) is 2.20. The van der Waals surface area contributed by atoms with Crippen LogP contribution in [0.25, 0.3) is 0 Å². The summed E-state index contributed by atoms with van der Waals surface area (Å²) in [6.07, 6.45) is 0. The topological polar surface area (TPSA) is 15.3 Å². The lowest BCUT2D eigenvalue weighted by Gasteiger charge is -2.32. The van der Waals surface area contributed by atoms with E-state index < -0.39 is 0 Å². The van der Waals surface area contributed by atoms with Crippen molar-refractivity contribution in [1.29, 1.82) is 0 Å². The summed E-state index contributed by atoms with van der Waals surface area (Å²) >= 11 is 5.53. The number of likely N-dealkylation sites (N-methyl/N-ethyl adjacent to an activating group) is 1. The first-order valence-corrected chi connectivity index (χ1v) is 6.52. The van der Waals surface area contributed by atoms with Gasteiger partial charge in [0.15, 0.2) is 0 Å². The molecule has 2 nitrogen and oxygen atoms in total. The zero-order valence-electron chi connectivity index (χ0n) is 8.51. The third-order valence-corrected chi connectivity index (χ3v) is 5.26. The number of rotatable bonds is 1. The molecule has 1 atom stereocenters. The van der Waals surface area contributed by atoms with Crippen molar-refractivity contribution in [2.24, 2.45) is 0 Å². The van der Waals surface area contributed by atoms with Crippen LogP contribution in [0, 0.1) is 6.92 Å². The lowest BCUT2D eigenvalue weighted by atomic mass is 10.1. The Hall–Kier alpha value is 0.100. The summed E-state index contributed by atoms with van der Waals surface area (Å²) in [5.41, 5.74) is 1.35. The molecule has 1 saturated heterocycles. The van der Waals surface area contributed by atoms with Gasteiger partial charge < -0.3 is 5.32 Å². The predicted molar refractivity (Wildman–Crippen MR) is 65.0 cm³/mol. The molecule has 0 saturated carbocycles. The summed E-state index contributed by atoms with van der Waals surface area (Å²) in [6, 6.07) is 0.539. The number of halogens is 1. The highest BCUT2D eigenvalue weighted by Gasteiger charge is 2.24. The molecule has 1 fully saturated rings.